The Morgan fingerprint density at radius 1 is 1.17 bits per heavy atom. The second kappa shape index (κ2) is 7.99. The van der Waals surface area contributed by atoms with E-state index in [-0.39, 0.29) is 12.6 Å². The molecule has 0 fully saturated rings. The average Bonchev–Trinajstić information content (AvgIpc) is 2.53. The first kappa shape index (κ1) is 17.3. The van der Waals surface area contributed by atoms with Crippen LogP contribution in [0.3, 0.4) is 0 Å². The Labute approximate surface area is 137 Å². The highest BCUT2D eigenvalue weighted by Crippen LogP contribution is 2.48. The highest BCUT2D eigenvalue weighted by atomic mass is 31.2. The summed E-state index contributed by atoms with van der Waals surface area (Å²) in [5, 5.41) is 0. The van der Waals surface area contributed by atoms with Gasteiger partial charge in [0, 0.05) is 6.04 Å². The fourth-order valence-electron chi connectivity index (χ4n) is 2.32. The summed E-state index contributed by atoms with van der Waals surface area (Å²) in [7, 11) is -4.04. The van der Waals surface area contributed by atoms with Gasteiger partial charge < -0.3 is 9.42 Å². The predicted molar refractivity (Wildman–Crippen MR) is 92.0 cm³/mol. The molecule has 0 bridgehead atoms. The van der Waals surface area contributed by atoms with E-state index in [9.17, 15) is 9.46 Å². The van der Waals surface area contributed by atoms with Crippen molar-refractivity contribution in [3.05, 3.63) is 66.2 Å². The molecule has 0 saturated heterocycles. The zero-order valence-electron chi connectivity index (χ0n) is 13.0. The third-order valence-corrected chi connectivity index (χ3v) is 5.06. The largest absolute Gasteiger partial charge is 0.459 e. The number of hydrogen-bond acceptors (Lipinski definition) is 2. The van der Waals surface area contributed by atoms with Crippen LogP contribution < -0.4 is 4.52 Å². The molecule has 120 valence electrons. The molecular weight excluding hydrogens is 309 g/mol. The summed E-state index contributed by atoms with van der Waals surface area (Å²) in [4.78, 5) is 10.4. The van der Waals surface area contributed by atoms with E-state index in [1.54, 1.807) is 24.3 Å². The van der Waals surface area contributed by atoms with Crippen LogP contribution in [0, 0.1) is 12.3 Å². The minimum absolute atomic E-state index is 0.0363. The molecule has 23 heavy (non-hydrogen) atoms. The smallest absolute Gasteiger partial charge is 0.413 e. The van der Waals surface area contributed by atoms with E-state index in [2.05, 4.69) is 5.92 Å². The molecule has 5 heteroatoms. The van der Waals surface area contributed by atoms with Crippen molar-refractivity contribution in [1.29, 1.82) is 0 Å². The van der Waals surface area contributed by atoms with E-state index in [1.165, 1.54) is 4.67 Å². The Balaban J connectivity index is 2.15. The Bertz CT molecular complexity index is 697. The Hall–Kier alpha value is -2.05. The van der Waals surface area contributed by atoms with Crippen molar-refractivity contribution in [3.63, 3.8) is 0 Å². The zero-order valence-corrected chi connectivity index (χ0v) is 13.9. The fourth-order valence-corrected chi connectivity index (χ4v) is 3.66. The van der Waals surface area contributed by atoms with Crippen molar-refractivity contribution in [2.24, 2.45) is 0 Å². The van der Waals surface area contributed by atoms with Crippen LogP contribution >= 0.6 is 7.75 Å². The standard InChI is InChI=1S/C18H20NO3P/c1-3-14-19(16(2)15-17-10-6-4-7-11-17)23(20,21)22-18-12-8-5-9-13-18/h1,4-13,16H,14-15H2,2H3,(H,20,21)/t16-/m1/s1. The van der Waals surface area contributed by atoms with Crippen molar-refractivity contribution in [3.8, 4) is 18.1 Å². The summed E-state index contributed by atoms with van der Waals surface area (Å²) in [5.41, 5.74) is 1.07. The summed E-state index contributed by atoms with van der Waals surface area (Å²) in [6, 6.07) is 18.1. The minimum Gasteiger partial charge on any atom is -0.413 e. The van der Waals surface area contributed by atoms with Crippen molar-refractivity contribution in [1.82, 2.24) is 4.67 Å². The van der Waals surface area contributed by atoms with E-state index in [1.807, 2.05) is 43.3 Å². The van der Waals surface area contributed by atoms with E-state index < -0.39 is 7.75 Å². The van der Waals surface area contributed by atoms with Crippen LogP contribution in [0.15, 0.2) is 60.7 Å². The Morgan fingerprint density at radius 2 is 1.74 bits per heavy atom. The van der Waals surface area contributed by atoms with E-state index in [0.717, 1.165) is 5.56 Å². The molecule has 0 aromatic heterocycles. The maximum Gasteiger partial charge on any atom is 0.459 e. The average molecular weight is 329 g/mol. The molecular formula is C18H20NO3P. The quantitative estimate of drug-likeness (QED) is 0.621. The molecule has 2 atom stereocenters. The Morgan fingerprint density at radius 3 is 2.30 bits per heavy atom. The molecule has 0 aliphatic heterocycles. The first-order valence-electron chi connectivity index (χ1n) is 7.35. The van der Waals surface area contributed by atoms with Gasteiger partial charge in [0.2, 0.25) is 0 Å². The molecule has 0 aliphatic rings. The molecule has 0 aliphatic carbocycles. The second-order valence-corrected chi connectivity index (χ2v) is 6.91. The van der Waals surface area contributed by atoms with Crippen LogP contribution in [-0.4, -0.2) is 22.2 Å². The number of terminal acetylenes is 1. The number of rotatable bonds is 7. The second-order valence-electron chi connectivity index (χ2n) is 5.24. The number of nitrogens with zero attached hydrogens (tertiary/aromatic N) is 1. The van der Waals surface area contributed by atoms with Crippen molar-refractivity contribution in [2.75, 3.05) is 6.54 Å². The molecule has 0 radical (unpaired) electrons. The lowest BCUT2D eigenvalue weighted by molar-refractivity contribution is 0.254. The van der Waals surface area contributed by atoms with Gasteiger partial charge in [0.25, 0.3) is 0 Å². The highest BCUT2D eigenvalue weighted by Gasteiger charge is 2.34. The van der Waals surface area contributed by atoms with Crippen molar-refractivity contribution < 1.29 is 14.0 Å². The molecule has 0 heterocycles. The molecule has 2 aromatic rings. The molecule has 2 aromatic carbocycles. The normalized spacial score (nSPS) is 14.7. The van der Waals surface area contributed by atoms with Gasteiger partial charge in [0.05, 0.1) is 6.54 Å². The summed E-state index contributed by atoms with van der Waals surface area (Å²) >= 11 is 0. The van der Waals surface area contributed by atoms with Crippen LogP contribution in [0.1, 0.15) is 12.5 Å². The van der Waals surface area contributed by atoms with Crippen LogP contribution in [0.25, 0.3) is 0 Å². The van der Waals surface area contributed by atoms with Gasteiger partial charge in [-0.2, -0.15) is 4.67 Å². The summed E-state index contributed by atoms with van der Waals surface area (Å²) in [6.45, 7) is 1.90. The summed E-state index contributed by atoms with van der Waals surface area (Å²) < 4.78 is 19.3. The summed E-state index contributed by atoms with van der Waals surface area (Å²) in [6.07, 6.45) is 5.97. The Kier molecular flexibility index (Phi) is 6.01. The van der Waals surface area contributed by atoms with Gasteiger partial charge in [-0.25, -0.2) is 4.57 Å². The zero-order chi connectivity index (χ0) is 16.7. The first-order chi connectivity index (χ1) is 11.0. The maximum atomic E-state index is 12.7. The monoisotopic (exact) mass is 329 g/mol. The molecule has 1 N–H and O–H groups in total. The van der Waals surface area contributed by atoms with E-state index >= 15 is 0 Å². The van der Waals surface area contributed by atoms with Gasteiger partial charge in [0.15, 0.2) is 0 Å². The van der Waals surface area contributed by atoms with Crippen LogP contribution in [0.4, 0.5) is 0 Å². The molecule has 0 saturated carbocycles. The van der Waals surface area contributed by atoms with Gasteiger partial charge in [-0.05, 0) is 31.0 Å². The fraction of sp³-hybridized carbons (Fsp3) is 0.222. The lowest BCUT2D eigenvalue weighted by atomic mass is 10.1. The highest BCUT2D eigenvalue weighted by molar-refractivity contribution is 7.50. The van der Waals surface area contributed by atoms with Gasteiger partial charge in [-0.1, -0.05) is 54.5 Å². The number of hydrogen-bond donors (Lipinski definition) is 1. The third kappa shape index (κ3) is 4.97. The lowest BCUT2D eigenvalue weighted by Crippen LogP contribution is -2.33. The van der Waals surface area contributed by atoms with Crippen molar-refractivity contribution >= 4 is 7.75 Å². The topological polar surface area (TPSA) is 49.8 Å². The van der Waals surface area contributed by atoms with E-state index in [4.69, 9.17) is 10.9 Å². The van der Waals surface area contributed by atoms with Gasteiger partial charge >= 0.3 is 7.75 Å². The predicted octanol–water partition coefficient (Wildman–Crippen LogP) is 3.73. The van der Waals surface area contributed by atoms with Gasteiger partial charge in [-0.15, -0.1) is 6.42 Å². The first-order valence-corrected chi connectivity index (χ1v) is 8.88. The molecule has 0 spiro atoms. The SMILES string of the molecule is C#CCN([C@H](C)Cc1ccccc1)P(=O)(O)Oc1ccccc1. The minimum atomic E-state index is -4.04. The third-order valence-electron chi connectivity index (χ3n) is 3.43. The summed E-state index contributed by atoms with van der Waals surface area (Å²) in [5.74, 6) is 2.78. The van der Waals surface area contributed by atoms with Crippen LogP contribution in [0.2, 0.25) is 0 Å². The number of para-hydroxylation sites is 1. The lowest BCUT2D eigenvalue weighted by Gasteiger charge is -2.30. The molecule has 1 unspecified atom stereocenters. The number of benzene rings is 2. The molecule has 4 nitrogen and oxygen atoms in total. The van der Waals surface area contributed by atoms with Crippen LogP contribution in [0.5, 0.6) is 5.75 Å². The van der Waals surface area contributed by atoms with Gasteiger partial charge in [-0.3, -0.25) is 0 Å². The van der Waals surface area contributed by atoms with Gasteiger partial charge in [0.1, 0.15) is 5.75 Å². The van der Waals surface area contributed by atoms with Crippen molar-refractivity contribution in [2.45, 2.75) is 19.4 Å². The molecule has 0 amide bonds. The van der Waals surface area contributed by atoms with Crippen LogP contribution in [-0.2, 0) is 11.0 Å². The van der Waals surface area contributed by atoms with E-state index in [0.29, 0.717) is 12.2 Å². The maximum absolute atomic E-state index is 12.7. The molecule has 2 rings (SSSR count).